The van der Waals surface area contributed by atoms with Crippen molar-refractivity contribution in [3.8, 4) is 17.6 Å². The molecule has 0 spiro atoms. The van der Waals surface area contributed by atoms with Crippen molar-refractivity contribution >= 4 is 11.6 Å². The molecule has 0 bridgehead atoms. The second-order valence-corrected chi connectivity index (χ2v) is 5.13. The van der Waals surface area contributed by atoms with Crippen molar-refractivity contribution in [2.45, 2.75) is 13.8 Å². The Morgan fingerprint density at radius 3 is 2.19 bits per heavy atom. The van der Waals surface area contributed by atoms with Gasteiger partial charge in [-0.2, -0.15) is 5.26 Å². The number of nitrogens with zero attached hydrogens (tertiary/aromatic N) is 1. The van der Waals surface area contributed by atoms with Gasteiger partial charge in [-0.3, -0.25) is 4.79 Å². The van der Waals surface area contributed by atoms with Crippen molar-refractivity contribution in [2.75, 3.05) is 5.32 Å². The molecule has 2 aromatic carbocycles. The number of benzene rings is 2. The summed E-state index contributed by atoms with van der Waals surface area (Å²) < 4.78 is 5.66. The predicted molar refractivity (Wildman–Crippen MR) is 81.0 cm³/mol. The lowest BCUT2D eigenvalue weighted by Crippen LogP contribution is -2.29. The number of nitrogens with one attached hydrogen (secondary N) is 1. The van der Waals surface area contributed by atoms with Gasteiger partial charge in [-0.1, -0.05) is 18.2 Å². The van der Waals surface area contributed by atoms with Crippen molar-refractivity contribution in [1.29, 1.82) is 5.26 Å². The minimum Gasteiger partial charge on any atom is -0.457 e. The summed E-state index contributed by atoms with van der Waals surface area (Å²) in [5.41, 5.74) is -0.428. The highest BCUT2D eigenvalue weighted by Crippen LogP contribution is 2.23. The Balaban J connectivity index is 2.03. The van der Waals surface area contributed by atoms with E-state index >= 15 is 0 Å². The van der Waals surface area contributed by atoms with Crippen LogP contribution in [-0.2, 0) is 4.79 Å². The van der Waals surface area contributed by atoms with E-state index in [1.165, 1.54) is 0 Å². The van der Waals surface area contributed by atoms with Crippen LogP contribution in [0.2, 0.25) is 0 Å². The van der Waals surface area contributed by atoms with Crippen LogP contribution in [0.15, 0.2) is 54.6 Å². The molecule has 0 aliphatic heterocycles. The molecule has 0 atom stereocenters. The number of amides is 1. The Hall–Kier alpha value is -2.80. The Kier molecular flexibility index (Phi) is 4.24. The number of hydrogen-bond donors (Lipinski definition) is 1. The van der Waals surface area contributed by atoms with Crippen molar-refractivity contribution in [3.05, 3.63) is 54.6 Å². The molecule has 0 fully saturated rings. The number of rotatable bonds is 4. The summed E-state index contributed by atoms with van der Waals surface area (Å²) in [6.07, 6.45) is 0. The van der Waals surface area contributed by atoms with E-state index in [1.54, 1.807) is 38.1 Å². The molecule has 0 heterocycles. The van der Waals surface area contributed by atoms with E-state index in [9.17, 15) is 4.79 Å². The fourth-order valence-corrected chi connectivity index (χ4v) is 1.57. The number of carbonyl (C=O) groups is 1. The fourth-order valence-electron chi connectivity index (χ4n) is 1.57. The number of para-hydroxylation sites is 1. The summed E-state index contributed by atoms with van der Waals surface area (Å²) in [5.74, 6) is 1.10. The molecule has 0 saturated carbocycles. The molecule has 0 aliphatic rings. The molecule has 4 nitrogen and oxygen atoms in total. The molecule has 1 N–H and O–H groups in total. The Morgan fingerprint density at radius 2 is 1.62 bits per heavy atom. The van der Waals surface area contributed by atoms with E-state index in [1.807, 2.05) is 36.4 Å². The van der Waals surface area contributed by atoms with Gasteiger partial charge in [-0.05, 0) is 50.2 Å². The van der Waals surface area contributed by atoms with Crippen LogP contribution in [-0.4, -0.2) is 5.91 Å². The van der Waals surface area contributed by atoms with Crippen LogP contribution in [0.25, 0.3) is 0 Å². The lowest BCUT2D eigenvalue weighted by Gasteiger charge is -2.15. The zero-order valence-corrected chi connectivity index (χ0v) is 12.0. The highest BCUT2D eigenvalue weighted by atomic mass is 16.5. The number of anilines is 1. The SMILES string of the molecule is CC(C)(C#N)C(=O)Nc1ccc(Oc2ccccc2)cc1. The molecule has 0 radical (unpaired) electrons. The summed E-state index contributed by atoms with van der Waals surface area (Å²) in [5, 5.41) is 11.6. The summed E-state index contributed by atoms with van der Waals surface area (Å²) in [7, 11) is 0. The summed E-state index contributed by atoms with van der Waals surface area (Å²) in [4.78, 5) is 11.9. The minimum atomic E-state index is -1.06. The van der Waals surface area contributed by atoms with Gasteiger partial charge in [0.05, 0.1) is 6.07 Å². The first kappa shape index (κ1) is 14.6. The Labute approximate surface area is 124 Å². The van der Waals surface area contributed by atoms with Crippen LogP contribution < -0.4 is 10.1 Å². The monoisotopic (exact) mass is 280 g/mol. The third kappa shape index (κ3) is 3.83. The van der Waals surface area contributed by atoms with Gasteiger partial charge in [0.25, 0.3) is 0 Å². The molecule has 2 rings (SSSR count). The van der Waals surface area contributed by atoms with Crippen LogP contribution in [0.1, 0.15) is 13.8 Å². The third-order valence-electron chi connectivity index (χ3n) is 2.94. The highest BCUT2D eigenvalue weighted by molar-refractivity contribution is 5.96. The fraction of sp³-hybridized carbons (Fsp3) is 0.176. The zero-order valence-electron chi connectivity index (χ0n) is 12.0. The van der Waals surface area contributed by atoms with Crippen LogP contribution in [0, 0.1) is 16.7 Å². The van der Waals surface area contributed by atoms with E-state index < -0.39 is 5.41 Å². The average Bonchev–Trinajstić information content (AvgIpc) is 2.50. The Morgan fingerprint density at radius 1 is 1.05 bits per heavy atom. The molecule has 0 aromatic heterocycles. The van der Waals surface area contributed by atoms with Crippen LogP contribution in [0.3, 0.4) is 0 Å². The normalized spacial score (nSPS) is 10.5. The van der Waals surface area contributed by atoms with E-state index in [-0.39, 0.29) is 5.91 Å². The number of hydrogen-bond acceptors (Lipinski definition) is 3. The molecule has 2 aromatic rings. The molecular formula is C17H16N2O2. The maximum Gasteiger partial charge on any atom is 0.244 e. The van der Waals surface area contributed by atoms with E-state index in [4.69, 9.17) is 10.00 Å². The number of nitriles is 1. The van der Waals surface area contributed by atoms with Crippen molar-refractivity contribution in [3.63, 3.8) is 0 Å². The van der Waals surface area contributed by atoms with Crippen molar-refractivity contribution in [2.24, 2.45) is 5.41 Å². The Bertz CT molecular complexity index is 655. The van der Waals surface area contributed by atoms with Crippen molar-refractivity contribution in [1.82, 2.24) is 0 Å². The molecule has 0 saturated heterocycles. The molecule has 106 valence electrons. The standard InChI is InChI=1S/C17H16N2O2/c1-17(2,12-18)16(20)19-13-8-10-15(11-9-13)21-14-6-4-3-5-7-14/h3-11H,1-2H3,(H,19,20). The molecule has 0 unspecified atom stereocenters. The quantitative estimate of drug-likeness (QED) is 0.921. The first-order valence-electron chi connectivity index (χ1n) is 6.57. The van der Waals surface area contributed by atoms with E-state index in [2.05, 4.69) is 5.32 Å². The topological polar surface area (TPSA) is 62.1 Å². The van der Waals surface area contributed by atoms with Gasteiger partial charge in [0.2, 0.25) is 5.91 Å². The van der Waals surface area contributed by atoms with Gasteiger partial charge in [0.1, 0.15) is 16.9 Å². The van der Waals surface area contributed by atoms with Crippen LogP contribution in [0.4, 0.5) is 5.69 Å². The largest absolute Gasteiger partial charge is 0.457 e. The van der Waals surface area contributed by atoms with Gasteiger partial charge in [0.15, 0.2) is 0 Å². The van der Waals surface area contributed by atoms with Crippen LogP contribution in [0.5, 0.6) is 11.5 Å². The second-order valence-electron chi connectivity index (χ2n) is 5.13. The predicted octanol–water partition coefficient (Wildman–Crippen LogP) is 3.97. The number of carbonyl (C=O) groups excluding carboxylic acids is 1. The average molecular weight is 280 g/mol. The van der Waals surface area contributed by atoms with Gasteiger partial charge in [-0.15, -0.1) is 0 Å². The smallest absolute Gasteiger partial charge is 0.244 e. The summed E-state index contributed by atoms with van der Waals surface area (Å²) in [6, 6.07) is 18.4. The first-order chi connectivity index (χ1) is 10.0. The van der Waals surface area contributed by atoms with Crippen LogP contribution >= 0.6 is 0 Å². The lowest BCUT2D eigenvalue weighted by atomic mass is 9.94. The minimum absolute atomic E-state index is 0.332. The molecule has 4 heteroatoms. The summed E-state index contributed by atoms with van der Waals surface area (Å²) >= 11 is 0. The van der Waals surface area contributed by atoms with Gasteiger partial charge in [0, 0.05) is 5.69 Å². The maximum absolute atomic E-state index is 11.9. The van der Waals surface area contributed by atoms with Crippen molar-refractivity contribution < 1.29 is 9.53 Å². The molecule has 0 aliphatic carbocycles. The summed E-state index contributed by atoms with van der Waals surface area (Å²) in [6.45, 7) is 3.16. The lowest BCUT2D eigenvalue weighted by molar-refractivity contribution is -0.121. The molecule has 1 amide bonds. The second kappa shape index (κ2) is 6.10. The van der Waals surface area contributed by atoms with Gasteiger partial charge >= 0.3 is 0 Å². The third-order valence-corrected chi connectivity index (χ3v) is 2.94. The molecule has 21 heavy (non-hydrogen) atoms. The maximum atomic E-state index is 11.9. The van der Waals surface area contributed by atoms with Gasteiger partial charge < -0.3 is 10.1 Å². The zero-order chi connectivity index (χ0) is 15.3. The van der Waals surface area contributed by atoms with Gasteiger partial charge in [-0.25, -0.2) is 0 Å². The molecular weight excluding hydrogens is 264 g/mol. The van der Waals surface area contributed by atoms with E-state index in [0.29, 0.717) is 11.4 Å². The first-order valence-corrected chi connectivity index (χ1v) is 6.57. The highest BCUT2D eigenvalue weighted by Gasteiger charge is 2.27. The van der Waals surface area contributed by atoms with E-state index in [0.717, 1.165) is 5.75 Å². The number of ether oxygens (including phenoxy) is 1.